The van der Waals surface area contributed by atoms with E-state index >= 15 is 0 Å². The maximum Gasteiger partial charge on any atom is 0.181 e. The van der Waals surface area contributed by atoms with E-state index in [2.05, 4.69) is 407 Å². The normalized spacial score (nSPS) is 22.0. The second-order valence-corrected chi connectivity index (χ2v) is 47.2. The number of aromatic nitrogens is 5. The van der Waals surface area contributed by atoms with Gasteiger partial charge in [0, 0.05) is 88.5 Å². The Morgan fingerprint density at radius 1 is 0.233 bits per heavy atom. The molecule has 22 aromatic rings. The molecular weight excluding hydrogens is 1600 g/mol. The topological polar surface area (TPSA) is 45.8 Å². The van der Waals surface area contributed by atoms with E-state index in [1.54, 1.807) is 22.3 Å². The summed E-state index contributed by atoms with van der Waals surface area (Å²) in [5.41, 5.74) is 23.7. The van der Waals surface area contributed by atoms with Crippen LogP contribution in [0.15, 0.2) is 399 Å². The van der Waals surface area contributed by atoms with Crippen LogP contribution in [0.3, 0.4) is 0 Å². The molecule has 16 aromatic carbocycles. The van der Waals surface area contributed by atoms with Crippen molar-refractivity contribution in [3.63, 3.8) is 0 Å². The zero-order chi connectivity index (χ0) is 84.2. The molecule has 0 radical (unpaired) electrons. The van der Waals surface area contributed by atoms with E-state index in [4.69, 9.17) is 9.40 Å². The van der Waals surface area contributed by atoms with Crippen molar-refractivity contribution in [1.29, 1.82) is 0 Å². The fraction of sp³-hybridized carbons (Fsp3) is 0.165. The fourth-order valence-electron chi connectivity index (χ4n) is 29.8. The highest BCUT2D eigenvalue weighted by molar-refractivity contribution is 7.20. The van der Waals surface area contributed by atoms with Gasteiger partial charge in [-0.2, -0.15) is 0 Å². The van der Waals surface area contributed by atoms with Gasteiger partial charge in [-0.05, 0) is 266 Å². The average molecular weight is 1690 g/mol. The second-order valence-electron chi connectivity index (χ2n) is 39.5. The first kappa shape index (κ1) is 73.2. The molecule has 8 saturated carbocycles. The molecule has 0 unspecified atom stereocenters. The third-order valence-corrected chi connectivity index (χ3v) is 43.4. The number of benzene rings is 16. The van der Waals surface area contributed by atoms with E-state index in [1.807, 2.05) is 6.20 Å². The number of pyridine rings is 1. The summed E-state index contributed by atoms with van der Waals surface area (Å²) in [5, 5.41) is 24.0. The number of rotatable bonds is 10. The number of furan rings is 1. The van der Waals surface area contributed by atoms with Gasteiger partial charge in [-0.25, -0.2) is 0 Å². The van der Waals surface area contributed by atoms with Gasteiger partial charge in [-0.15, -0.1) is 0 Å². The number of fused-ring (bicyclic) bond motifs is 19. The standard InChI is InChI=1S/C64H48N2OSi.C57H45N3Si/c1-3-14-45(15-4-1)68(46-16-5-2-6-17-46,47-28-31-62-54(38-47)51-20-9-12-25-61(51)67-62)48-27-29-55-60(39-48)66-59-30-26-44(65-57-23-10-7-18-49(57)50-19-8-11-24-58(50)65)37-53(59)52-21-13-22-56(63(52)66)64(55)42-33-40-32-41(35-42)36-43(64)34-40;1-3-13-42(14-4-1)61(43-15-5-2-6-16-43,45-17-12-28-58-36-45)44-25-26-50-55(35-44)60-54-27-24-41(59-52-22-9-7-18-46(52)47-19-8-10-23-53(47)59)34-49(54)48-20-11-21-51(56(48)60)57(50)39-30-37-29-38(32-39)33-40(57)31-37/h1-31,37-43H,32-36H2;1-28,34-40H,29-33H2. The highest BCUT2D eigenvalue weighted by atomic mass is 28.3. The third kappa shape index (κ3) is 9.82. The quantitative estimate of drug-likeness (QED) is 0.101. The first-order valence-electron chi connectivity index (χ1n) is 47.4. The molecular formula is C121H93N5OSi2. The van der Waals surface area contributed by atoms with Crippen molar-refractivity contribution in [3.8, 4) is 22.7 Å². The Hall–Kier alpha value is -13.9. The summed E-state index contributed by atoms with van der Waals surface area (Å²) in [5.74, 6) is 6.04. The molecule has 6 nitrogen and oxygen atoms in total. The van der Waals surface area contributed by atoms with Crippen LogP contribution in [0, 0.1) is 47.3 Å². The predicted molar refractivity (Wildman–Crippen MR) is 538 cm³/mol. The van der Waals surface area contributed by atoms with Gasteiger partial charge in [0.25, 0.3) is 0 Å². The van der Waals surface area contributed by atoms with E-state index in [0.717, 1.165) is 34.8 Å². The lowest BCUT2D eigenvalue weighted by Crippen LogP contribution is -2.75. The Balaban J connectivity index is 0.000000128. The van der Waals surface area contributed by atoms with E-state index in [0.29, 0.717) is 23.7 Å². The second kappa shape index (κ2) is 27.3. The molecule has 0 amide bonds. The highest BCUT2D eigenvalue weighted by Crippen LogP contribution is 2.70. The summed E-state index contributed by atoms with van der Waals surface area (Å²) >= 11 is 0. The Morgan fingerprint density at radius 2 is 0.574 bits per heavy atom. The molecule has 10 aliphatic rings. The number of para-hydroxylation sites is 7. The predicted octanol–water partition coefficient (Wildman–Crippen LogP) is 23.9. The Labute approximate surface area is 751 Å². The molecule has 0 saturated heterocycles. The van der Waals surface area contributed by atoms with Crippen LogP contribution in [0.5, 0.6) is 0 Å². The fourth-order valence-corrected chi connectivity index (χ4v) is 39.2. The van der Waals surface area contributed by atoms with E-state index in [-0.39, 0.29) is 10.8 Å². The van der Waals surface area contributed by atoms with Crippen molar-refractivity contribution in [3.05, 3.63) is 417 Å². The first-order chi connectivity index (χ1) is 63.9. The van der Waals surface area contributed by atoms with Crippen molar-refractivity contribution in [2.45, 2.75) is 75.0 Å². The van der Waals surface area contributed by atoms with Gasteiger partial charge in [0.05, 0.1) is 55.5 Å². The zero-order valence-corrected chi connectivity index (χ0v) is 73.9. The van der Waals surface area contributed by atoms with Crippen LogP contribution in [0.25, 0.3) is 132 Å². The lowest BCUT2D eigenvalue weighted by molar-refractivity contribution is -0.0418. The zero-order valence-electron chi connectivity index (χ0n) is 71.9. The molecule has 2 aliphatic heterocycles. The SMILES string of the molecule is c1ccc([Si](c2ccccc2)(c2ccc3c(c2)-n2c4ccc(-n5c6ccccc6c6ccccc65)cc4c4cccc(c42)C32C3CC4CC(C3)CC2C4)c2ccc3oc4ccccc4c3c2)cc1.c1ccc([Si](c2ccccc2)(c2cccnc2)c2ccc3c(c2)-n2c4ccc(-n5c6ccccc6c6ccccc65)cc4c4cccc(c42)C32C3CC4CC(C3)CC2C4)cc1. The molecule has 8 heteroatoms. The maximum atomic E-state index is 6.50. The molecule has 0 N–H and O–H groups in total. The summed E-state index contributed by atoms with van der Waals surface area (Å²) in [6, 6.07) is 147. The van der Waals surface area contributed by atoms with Crippen molar-refractivity contribution >= 4 is 167 Å². The highest BCUT2D eigenvalue weighted by Gasteiger charge is 2.63. The van der Waals surface area contributed by atoms with Gasteiger partial charge >= 0.3 is 0 Å². The van der Waals surface area contributed by atoms with Crippen LogP contribution in [0.4, 0.5) is 0 Å². The number of hydrogen-bond donors (Lipinski definition) is 0. The summed E-state index contributed by atoms with van der Waals surface area (Å²) in [6.07, 6.45) is 17.7. The molecule has 2 spiro atoms. The molecule has 6 aromatic heterocycles. The van der Waals surface area contributed by atoms with Gasteiger partial charge in [0.15, 0.2) is 16.1 Å². The third-order valence-electron chi connectivity index (χ3n) is 33.9. The minimum Gasteiger partial charge on any atom is -0.456 e. The van der Waals surface area contributed by atoms with E-state index in [1.165, 1.54) is 226 Å². The van der Waals surface area contributed by atoms with Crippen molar-refractivity contribution in [1.82, 2.24) is 23.3 Å². The summed E-state index contributed by atoms with van der Waals surface area (Å²) in [7, 11) is -5.86. The Bertz CT molecular complexity index is 8120. The van der Waals surface area contributed by atoms with Crippen molar-refractivity contribution < 1.29 is 4.42 Å². The van der Waals surface area contributed by atoms with Crippen LogP contribution in [0.2, 0.25) is 0 Å². The lowest BCUT2D eigenvalue weighted by Gasteiger charge is -2.63. The van der Waals surface area contributed by atoms with E-state index in [9.17, 15) is 0 Å². The van der Waals surface area contributed by atoms with Gasteiger partial charge in [-0.1, -0.05) is 291 Å². The molecule has 8 fully saturated rings. The Kier molecular flexibility index (Phi) is 15.5. The van der Waals surface area contributed by atoms with Crippen LogP contribution >= 0.6 is 0 Å². The smallest absolute Gasteiger partial charge is 0.181 e. The molecule has 8 bridgehead atoms. The van der Waals surface area contributed by atoms with Crippen molar-refractivity contribution in [2.24, 2.45) is 47.3 Å². The van der Waals surface area contributed by atoms with Crippen LogP contribution in [-0.2, 0) is 10.8 Å². The monoisotopic (exact) mass is 1690 g/mol. The molecule has 616 valence electrons. The van der Waals surface area contributed by atoms with Gasteiger partial charge in [0.2, 0.25) is 0 Å². The van der Waals surface area contributed by atoms with Gasteiger partial charge < -0.3 is 22.7 Å². The molecule has 8 aliphatic carbocycles. The molecule has 129 heavy (non-hydrogen) atoms. The first-order valence-corrected chi connectivity index (χ1v) is 51.4. The van der Waals surface area contributed by atoms with E-state index < -0.39 is 16.1 Å². The number of nitrogens with zero attached hydrogens (tertiary/aromatic N) is 5. The minimum atomic E-state index is -3.01. The Morgan fingerprint density at radius 3 is 0.984 bits per heavy atom. The van der Waals surface area contributed by atoms with Crippen LogP contribution < -0.4 is 41.5 Å². The lowest BCUT2D eigenvalue weighted by atomic mass is 9.41. The minimum absolute atomic E-state index is 0.00115. The average Bonchev–Trinajstić information content (AvgIpc) is 1.63. The summed E-state index contributed by atoms with van der Waals surface area (Å²) in [4.78, 5) is 4.82. The van der Waals surface area contributed by atoms with Crippen LogP contribution in [0.1, 0.15) is 86.5 Å². The van der Waals surface area contributed by atoms with Crippen molar-refractivity contribution in [2.75, 3.05) is 0 Å². The largest absolute Gasteiger partial charge is 0.456 e. The van der Waals surface area contributed by atoms with Gasteiger partial charge in [-0.3, -0.25) is 4.98 Å². The van der Waals surface area contributed by atoms with Crippen LogP contribution in [-0.4, -0.2) is 39.4 Å². The summed E-state index contributed by atoms with van der Waals surface area (Å²) < 4.78 is 16.9. The number of hydrogen-bond acceptors (Lipinski definition) is 2. The van der Waals surface area contributed by atoms with Gasteiger partial charge in [0.1, 0.15) is 11.2 Å². The molecule has 8 heterocycles. The molecule has 32 rings (SSSR count). The summed E-state index contributed by atoms with van der Waals surface area (Å²) in [6.45, 7) is 0. The molecule has 0 atom stereocenters. The maximum absolute atomic E-state index is 6.50.